The number of amides is 2. The summed E-state index contributed by atoms with van der Waals surface area (Å²) in [5.74, 6) is 0.917. The van der Waals surface area contributed by atoms with E-state index in [1.54, 1.807) is 25.1 Å². The zero-order valence-electron chi connectivity index (χ0n) is 14.1. The number of aryl methyl sites for hydroxylation is 1. The average molecular weight is 425 g/mol. The number of hydrogen-bond acceptors (Lipinski definition) is 6. The molecule has 0 atom stereocenters. The number of hydrogen-bond donors (Lipinski definition) is 2. The van der Waals surface area contributed by atoms with Gasteiger partial charge in [-0.2, -0.15) is 4.98 Å². The van der Waals surface area contributed by atoms with Crippen LogP contribution in [0.5, 0.6) is 0 Å². The van der Waals surface area contributed by atoms with Gasteiger partial charge in [-0.1, -0.05) is 28.4 Å². The normalized spacial score (nSPS) is 13.3. The zero-order chi connectivity index (χ0) is 19.0. The monoisotopic (exact) mass is 424 g/mol. The number of carbonyl (C=O) groups is 1. The molecule has 0 saturated carbocycles. The predicted octanol–water partition coefficient (Wildman–Crippen LogP) is 5.13. The Labute approximate surface area is 168 Å². The van der Waals surface area contributed by atoms with Crippen LogP contribution in [0.15, 0.2) is 22.7 Å². The fourth-order valence-electron chi connectivity index (χ4n) is 2.78. The topological polar surface area (TPSA) is 89.3 Å². The second kappa shape index (κ2) is 7.47. The molecule has 3 aromatic rings. The summed E-state index contributed by atoms with van der Waals surface area (Å²) in [6.45, 7) is 2.86. The van der Waals surface area contributed by atoms with Crippen molar-refractivity contribution in [1.82, 2.24) is 10.1 Å². The lowest BCUT2D eigenvalue weighted by Crippen LogP contribution is -2.19. The van der Waals surface area contributed by atoms with Crippen molar-refractivity contribution in [1.29, 1.82) is 0 Å². The number of thiophene rings is 1. The number of rotatable bonds is 3. The van der Waals surface area contributed by atoms with Crippen molar-refractivity contribution in [3.8, 4) is 11.5 Å². The van der Waals surface area contributed by atoms with Crippen LogP contribution in [-0.4, -0.2) is 22.8 Å². The summed E-state index contributed by atoms with van der Waals surface area (Å²) in [6, 6.07) is 4.46. The molecule has 7 nitrogen and oxygen atoms in total. The van der Waals surface area contributed by atoms with Crippen molar-refractivity contribution >= 4 is 51.3 Å². The van der Waals surface area contributed by atoms with Crippen molar-refractivity contribution < 1.29 is 14.1 Å². The van der Waals surface area contributed by atoms with E-state index in [-0.39, 0.29) is 0 Å². The summed E-state index contributed by atoms with van der Waals surface area (Å²) in [5.41, 5.74) is 2.35. The number of fused-ring (bicyclic) bond motifs is 1. The van der Waals surface area contributed by atoms with Gasteiger partial charge in [0.15, 0.2) is 5.82 Å². The number of benzene rings is 1. The molecule has 27 heavy (non-hydrogen) atoms. The number of aromatic nitrogens is 2. The number of urea groups is 1. The zero-order valence-corrected chi connectivity index (χ0v) is 16.5. The molecule has 3 heterocycles. The molecule has 0 bridgehead atoms. The molecule has 4 rings (SSSR count). The molecular formula is C17H14Cl2N4O3S. The van der Waals surface area contributed by atoms with E-state index in [2.05, 4.69) is 20.8 Å². The molecule has 10 heteroatoms. The number of nitrogens with one attached hydrogen (secondary N) is 2. The first-order chi connectivity index (χ1) is 13.0. The maximum Gasteiger partial charge on any atom is 0.324 e. The highest BCUT2D eigenvalue weighted by atomic mass is 35.5. The molecule has 0 unspecified atom stereocenters. The van der Waals surface area contributed by atoms with E-state index in [0.717, 1.165) is 22.4 Å². The number of carbonyl (C=O) groups excluding carboxylic acids is 1. The lowest BCUT2D eigenvalue weighted by molar-refractivity contribution is 0.113. The van der Waals surface area contributed by atoms with Crippen molar-refractivity contribution in [2.75, 3.05) is 17.2 Å². The number of anilines is 2. The van der Waals surface area contributed by atoms with Gasteiger partial charge >= 0.3 is 6.03 Å². The van der Waals surface area contributed by atoms with Gasteiger partial charge in [0.2, 0.25) is 0 Å². The quantitative estimate of drug-likeness (QED) is 0.607. The van der Waals surface area contributed by atoms with Gasteiger partial charge in [0.25, 0.3) is 5.89 Å². The molecule has 2 aromatic heterocycles. The maximum atomic E-state index is 12.5. The van der Waals surface area contributed by atoms with Crippen molar-refractivity contribution in [2.45, 2.75) is 20.0 Å². The standard InChI is InChI=1S/C17H14Cl2N4O3S/c1-8-20-15(26-23-8)14-10-4-5-25-7-13(10)27-16(14)22-17(24)21-9-2-3-11(18)12(19)6-9/h2-3,6H,4-5,7H2,1H3,(H2,21,22,24). The first kappa shape index (κ1) is 18.2. The van der Waals surface area contributed by atoms with Crippen LogP contribution in [0.1, 0.15) is 16.3 Å². The average Bonchev–Trinajstić information content (AvgIpc) is 3.20. The number of ether oxygens (including phenoxy) is 1. The van der Waals surface area contributed by atoms with Crippen molar-refractivity contribution in [3.05, 3.63) is 44.5 Å². The molecule has 2 N–H and O–H groups in total. The second-order valence-electron chi connectivity index (χ2n) is 5.87. The Bertz CT molecular complexity index is 1020. The van der Waals surface area contributed by atoms with Crippen LogP contribution < -0.4 is 10.6 Å². The van der Waals surface area contributed by atoms with E-state index in [1.165, 1.54) is 11.3 Å². The first-order valence-electron chi connectivity index (χ1n) is 8.07. The third-order valence-electron chi connectivity index (χ3n) is 3.97. The van der Waals surface area contributed by atoms with Gasteiger partial charge in [-0.25, -0.2) is 4.79 Å². The molecule has 0 radical (unpaired) electrons. The van der Waals surface area contributed by atoms with E-state index in [9.17, 15) is 4.79 Å². The number of nitrogens with zero attached hydrogens (tertiary/aromatic N) is 2. The summed E-state index contributed by atoms with van der Waals surface area (Å²) in [6.07, 6.45) is 0.721. The third-order valence-corrected chi connectivity index (χ3v) is 5.83. The van der Waals surface area contributed by atoms with Gasteiger partial charge in [-0.05, 0) is 37.1 Å². The summed E-state index contributed by atoms with van der Waals surface area (Å²) < 4.78 is 10.9. The van der Waals surface area contributed by atoms with Crippen LogP contribution in [0.25, 0.3) is 11.5 Å². The van der Waals surface area contributed by atoms with Gasteiger partial charge in [-0.15, -0.1) is 11.3 Å². The van der Waals surface area contributed by atoms with E-state index >= 15 is 0 Å². The summed E-state index contributed by atoms with van der Waals surface area (Å²) >= 11 is 13.3. The van der Waals surface area contributed by atoms with Crippen LogP contribution >= 0.6 is 34.5 Å². The van der Waals surface area contributed by atoms with E-state index < -0.39 is 6.03 Å². The Morgan fingerprint density at radius 2 is 2.11 bits per heavy atom. The van der Waals surface area contributed by atoms with E-state index in [4.69, 9.17) is 32.5 Å². The minimum atomic E-state index is -0.412. The smallest absolute Gasteiger partial charge is 0.324 e. The molecule has 2 amide bonds. The SMILES string of the molecule is Cc1noc(-c2c(NC(=O)Nc3ccc(Cl)c(Cl)c3)sc3c2CCOC3)n1. The Kier molecular flexibility index (Phi) is 5.05. The van der Waals surface area contributed by atoms with Crippen LogP contribution in [0.3, 0.4) is 0 Å². The summed E-state index contributed by atoms with van der Waals surface area (Å²) in [5, 5.41) is 10.9. The minimum absolute atomic E-state index is 0.361. The predicted molar refractivity (Wildman–Crippen MR) is 105 cm³/mol. The van der Waals surface area contributed by atoms with Gasteiger partial charge in [0.05, 0.1) is 28.8 Å². The van der Waals surface area contributed by atoms with E-state index in [0.29, 0.717) is 45.7 Å². The Morgan fingerprint density at radius 3 is 2.85 bits per heavy atom. The van der Waals surface area contributed by atoms with Gasteiger partial charge in [-0.3, -0.25) is 5.32 Å². The molecule has 1 aromatic carbocycles. The molecule has 0 aliphatic carbocycles. The molecule has 1 aliphatic rings. The fraction of sp³-hybridized carbons (Fsp3) is 0.235. The van der Waals surface area contributed by atoms with E-state index in [1.807, 2.05) is 0 Å². The van der Waals surface area contributed by atoms with Gasteiger partial charge in [0, 0.05) is 10.6 Å². The van der Waals surface area contributed by atoms with Gasteiger partial charge in [0.1, 0.15) is 5.00 Å². The van der Waals surface area contributed by atoms with Gasteiger partial charge < -0.3 is 14.6 Å². The lowest BCUT2D eigenvalue weighted by atomic mass is 10.1. The maximum absolute atomic E-state index is 12.5. The van der Waals surface area contributed by atoms with Crippen LogP contribution in [0, 0.1) is 6.92 Å². The highest BCUT2D eigenvalue weighted by Gasteiger charge is 2.26. The Balaban J connectivity index is 1.62. The fourth-order valence-corrected chi connectivity index (χ4v) is 4.25. The van der Waals surface area contributed by atoms with Crippen molar-refractivity contribution in [3.63, 3.8) is 0 Å². The summed E-state index contributed by atoms with van der Waals surface area (Å²) in [7, 11) is 0. The third kappa shape index (κ3) is 3.79. The van der Waals surface area contributed by atoms with Crippen LogP contribution in [0.4, 0.5) is 15.5 Å². The minimum Gasteiger partial charge on any atom is -0.376 e. The molecule has 140 valence electrons. The summed E-state index contributed by atoms with van der Waals surface area (Å²) in [4.78, 5) is 17.8. The Hall–Kier alpha value is -2.13. The number of halogens is 2. The largest absolute Gasteiger partial charge is 0.376 e. The van der Waals surface area contributed by atoms with Crippen molar-refractivity contribution in [2.24, 2.45) is 0 Å². The molecular weight excluding hydrogens is 411 g/mol. The molecule has 1 aliphatic heterocycles. The lowest BCUT2D eigenvalue weighted by Gasteiger charge is -2.12. The second-order valence-corrected chi connectivity index (χ2v) is 7.78. The molecule has 0 spiro atoms. The van der Waals surface area contributed by atoms with Crippen LogP contribution in [0.2, 0.25) is 10.0 Å². The first-order valence-corrected chi connectivity index (χ1v) is 9.64. The highest BCUT2D eigenvalue weighted by molar-refractivity contribution is 7.17. The molecule has 0 fully saturated rings. The van der Waals surface area contributed by atoms with Crippen LogP contribution in [-0.2, 0) is 17.8 Å². The highest BCUT2D eigenvalue weighted by Crippen LogP contribution is 2.42. The molecule has 0 saturated heterocycles. The Morgan fingerprint density at radius 1 is 1.26 bits per heavy atom.